The van der Waals surface area contributed by atoms with E-state index in [0.29, 0.717) is 12.2 Å². The molecule has 7 heteroatoms. The molecule has 0 bridgehead atoms. The summed E-state index contributed by atoms with van der Waals surface area (Å²) in [6.45, 7) is 3.47. The highest BCUT2D eigenvalue weighted by molar-refractivity contribution is 5.85. The molecular formula is C23H22N4O3. The highest BCUT2D eigenvalue weighted by Gasteiger charge is 2.35. The molecule has 0 unspecified atom stereocenters. The number of H-pyrrole nitrogens is 2. The van der Waals surface area contributed by atoms with Crippen molar-refractivity contribution in [1.29, 1.82) is 0 Å². The van der Waals surface area contributed by atoms with Crippen molar-refractivity contribution in [3.05, 3.63) is 92.3 Å². The first-order valence-electron chi connectivity index (χ1n) is 10.1. The van der Waals surface area contributed by atoms with E-state index in [-0.39, 0.29) is 11.4 Å². The van der Waals surface area contributed by atoms with Crippen molar-refractivity contribution in [3.8, 4) is 11.6 Å². The van der Waals surface area contributed by atoms with Crippen LogP contribution >= 0.6 is 0 Å². The molecular weight excluding hydrogens is 380 g/mol. The van der Waals surface area contributed by atoms with Crippen LogP contribution in [0.15, 0.2) is 64.2 Å². The molecule has 2 aromatic carbocycles. The molecule has 3 N–H and O–H groups in total. The van der Waals surface area contributed by atoms with Gasteiger partial charge in [-0.15, -0.1) is 0 Å². The molecule has 1 aliphatic heterocycles. The van der Waals surface area contributed by atoms with Crippen molar-refractivity contribution in [2.24, 2.45) is 0 Å². The zero-order valence-corrected chi connectivity index (χ0v) is 16.6. The number of hydrogen-bond acceptors (Lipinski definition) is 4. The Labute approximate surface area is 172 Å². The summed E-state index contributed by atoms with van der Waals surface area (Å²) in [7, 11) is 0. The van der Waals surface area contributed by atoms with Crippen molar-refractivity contribution in [3.63, 3.8) is 0 Å². The Morgan fingerprint density at radius 2 is 1.77 bits per heavy atom. The molecule has 3 heterocycles. The highest BCUT2D eigenvalue weighted by Crippen LogP contribution is 2.39. The van der Waals surface area contributed by atoms with Gasteiger partial charge < -0.3 is 10.1 Å². The summed E-state index contributed by atoms with van der Waals surface area (Å²) in [5.74, 6) is -0.329. The minimum absolute atomic E-state index is 0.174. The van der Waals surface area contributed by atoms with E-state index >= 15 is 0 Å². The van der Waals surface area contributed by atoms with Gasteiger partial charge in [0.2, 0.25) is 5.88 Å². The third kappa shape index (κ3) is 2.70. The molecule has 1 aliphatic rings. The molecule has 152 valence electrons. The van der Waals surface area contributed by atoms with Crippen molar-refractivity contribution < 1.29 is 5.11 Å². The maximum absolute atomic E-state index is 13.0. The van der Waals surface area contributed by atoms with Crippen LogP contribution in [0.5, 0.6) is 5.88 Å². The molecule has 0 aliphatic carbocycles. The van der Waals surface area contributed by atoms with Crippen LogP contribution in [0.2, 0.25) is 0 Å². The fourth-order valence-electron chi connectivity index (χ4n) is 4.56. The third-order valence-electron chi connectivity index (χ3n) is 5.95. The van der Waals surface area contributed by atoms with Crippen LogP contribution in [0.1, 0.15) is 29.8 Å². The van der Waals surface area contributed by atoms with Crippen LogP contribution in [0.3, 0.4) is 0 Å². The van der Waals surface area contributed by atoms with Gasteiger partial charge in [-0.2, -0.15) is 0 Å². The fourth-order valence-corrected chi connectivity index (χ4v) is 4.56. The maximum Gasteiger partial charge on any atom is 0.335 e. The normalized spacial score (nSPS) is 16.6. The molecule has 2 aromatic heterocycles. The van der Waals surface area contributed by atoms with Crippen molar-refractivity contribution in [2.45, 2.75) is 19.4 Å². The Hall–Kier alpha value is -3.58. The average Bonchev–Trinajstić information content (AvgIpc) is 3.13. The van der Waals surface area contributed by atoms with Crippen LogP contribution in [-0.4, -0.2) is 37.6 Å². The van der Waals surface area contributed by atoms with E-state index in [4.69, 9.17) is 0 Å². The minimum atomic E-state index is -0.664. The Kier molecular flexibility index (Phi) is 4.33. The molecule has 0 saturated carbocycles. The van der Waals surface area contributed by atoms with Gasteiger partial charge in [-0.25, -0.2) is 9.36 Å². The second-order valence-corrected chi connectivity index (χ2v) is 7.51. The largest absolute Gasteiger partial charge is 0.494 e. The van der Waals surface area contributed by atoms with E-state index in [2.05, 4.69) is 20.9 Å². The maximum atomic E-state index is 13.0. The zero-order valence-electron chi connectivity index (χ0n) is 16.6. The number of aromatic hydroxyl groups is 1. The molecule has 0 fully saturated rings. The van der Waals surface area contributed by atoms with Crippen molar-refractivity contribution in [2.75, 3.05) is 13.1 Å². The van der Waals surface area contributed by atoms with Gasteiger partial charge in [0.25, 0.3) is 5.56 Å². The molecule has 1 atom stereocenters. The molecule has 4 aromatic rings. The standard InChI is InChI=1S/C23H22N4O3/c1-2-26-13-12-16-15-10-6-7-11-17(15)24-19(16)20(26)18-21(28)25-23(30)27(22(18)29)14-8-4-3-5-9-14/h3-11,20,24,29H,2,12-13H2,1H3,(H,25,28,30)/t20-/m0/s1. The number of benzene rings is 2. The number of likely N-dealkylation sites (N-methyl/N-ethyl adjacent to an activating group) is 1. The number of nitrogens with zero attached hydrogens (tertiary/aromatic N) is 2. The predicted octanol–water partition coefficient (Wildman–Crippen LogP) is 2.68. The second-order valence-electron chi connectivity index (χ2n) is 7.51. The van der Waals surface area contributed by atoms with Gasteiger partial charge in [-0.05, 0) is 36.7 Å². The lowest BCUT2D eigenvalue weighted by molar-refractivity contribution is 0.215. The van der Waals surface area contributed by atoms with E-state index in [0.717, 1.165) is 39.7 Å². The second kappa shape index (κ2) is 7.03. The molecule has 5 rings (SSSR count). The Morgan fingerprint density at radius 1 is 1.03 bits per heavy atom. The quantitative estimate of drug-likeness (QED) is 0.491. The van der Waals surface area contributed by atoms with Gasteiger partial charge in [-0.1, -0.05) is 43.3 Å². The number of aromatic amines is 2. The van der Waals surface area contributed by atoms with Gasteiger partial charge in [0.1, 0.15) is 5.56 Å². The predicted molar refractivity (Wildman–Crippen MR) is 115 cm³/mol. The van der Waals surface area contributed by atoms with E-state index < -0.39 is 17.3 Å². The summed E-state index contributed by atoms with van der Waals surface area (Å²) < 4.78 is 1.15. The molecule has 30 heavy (non-hydrogen) atoms. The zero-order chi connectivity index (χ0) is 20.8. The van der Waals surface area contributed by atoms with Gasteiger partial charge >= 0.3 is 5.69 Å². The number of fused-ring (bicyclic) bond motifs is 3. The van der Waals surface area contributed by atoms with Crippen LogP contribution in [-0.2, 0) is 6.42 Å². The highest BCUT2D eigenvalue weighted by atomic mass is 16.3. The number of para-hydroxylation sites is 2. The summed E-state index contributed by atoms with van der Waals surface area (Å²) in [6, 6.07) is 16.4. The molecule has 0 spiro atoms. The number of rotatable bonds is 3. The molecule has 0 amide bonds. The van der Waals surface area contributed by atoms with Crippen LogP contribution < -0.4 is 11.2 Å². The smallest absolute Gasteiger partial charge is 0.335 e. The fraction of sp³-hybridized carbons (Fsp3) is 0.217. The topological polar surface area (TPSA) is 94.1 Å². The van der Waals surface area contributed by atoms with Crippen molar-refractivity contribution >= 4 is 10.9 Å². The monoisotopic (exact) mass is 402 g/mol. The van der Waals surface area contributed by atoms with Gasteiger partial charge in [0.05, 0.1) is 11.7 Å². The van der Waals surface area contributed by atoms with Crippen LogP contribution in [0.25, 0.3) is 16.6 Å². The molecule has 0 saturated heterocycles. The van der Waals surface area contributed by atoms with Crippen molar-refractivity contribution in [1.82, 2.24) is 19.4 Å². The number of nitrogens with one attached hydrogen (secondary N) is 2. The summed E-state index contributed by atoms with van der Waals surface area (Å²) in [5.41, 5.74) is 2.47. The number of aromatic nitrogens is 3. The van der Waals surface area contributed by atoms with Crippen LogP contribution in [0, 0.1) is 0 Å². The van der Waals surface area contributed by atoms with Gasteiger partial charge in [0.15, 0.2) is 0 Å². The first-order valence-corrected chi connectivity index (χ1v) is 10.1. The Bertz CT molecular complexity index is 1350. The lowest BCUT2D eigenvalue weighted by atomic mass is 9.93. The van der Waals surface area contributed by atoms with E-state index in [1.165, 1.54) is 0 Å². The van der Waals surface area contributed by atoms with E-state index in [1.54, 1.807) is 24.3 Å². The van der Waals surface area contributed by atoms with Gasteiger partial charge in [0, 0.05) is 23.1 Å². The summed E-state index contributed by atoms with van der Waals surface area (Å²) in [4.78, 5) is 33.5. The number of hydrogen-bond donors (Lipinski definition) is 3. The summed E-state index contributed by atoms with van der Waals surface area (Å²) in [6.07, 6.45) is 0.848. The van der Waals surface area contributed by atoms with E-state index in [9.17, 15) is 14.7 Å². The molecule has 0 radical (unpaired) electrons. The minimum Gasteiger partial charge on any atom is -0.494 e. The summed E-state index contributed by atoms with van der Waals surface area (Å²) in [5, 5.41) is 12.3. The van der Waals surface area contributed by atoms with E-state index in [1.807, 2.05) is 31.2 Å². The lowest BCUT2D eigenvalue weighted by Gasteiger charge is -2.35. The Balaban J connectivity index is 1.80. The first-order chi connectivity index (χ1) is 14.6. The van der Waals surface area contributed by atoms with Gasteiger partial charge in [-0.3, -0.25) is 14.7 Å². The van der Waals surface area contributed by atoms with Crippen LogP contribution in [0.4, 0.5) is 0 Å². The average molecular weight is 402 g/mol. The third-order valence-corrected chi connectivity index (χ3v) is 5.95. The molecule has 7 nitrogen and oxygen atoms in total. The lowest BCUT2D eigenvalue weighted by Crippen LogP contribution is -2.41. The summed E-state index contributed by atoms with van der Waals surface area (Å²) >= 11 is 0. The SMILES string of the molecule is CCN1CCc2c([nH]c3ccccc23)[C@@H]1c1c(O)n(-c2ccccc2)c(=O)[nH]c1=O. The Morgan fingerprint density at radius 3 is 2.53 bits per heavy atom. The first kappa shape index (κ1) is 18.4.